The van der Waals surface area contributed by atoms with E-state index < -0.39 is 0 Å². The summed E-state index contributed by atoms with van der Waals surface area (Å²) in [5.41, 5.74) is 4.80. The van der Waals surface area contributed by atoms with Crippen LogP contribution in [-0.4, -0.2) is 18.2 Å². The number of nitrogens with two attached hydrogens (primary N) is 1. The molecule has 1 aromatic rings. The zero-order valence-electron chi connectivity index (χ0n) is 12.4. The minimum atomic E-state index is -0.206. The van der Waals surface area contributed by atoms with Crippen LogP contribution in [0, 0.1) is 12.7 Å². The topological polar surface area (TPSA) is 47.3 Å². The molecule has 1 atom stereocenters. The van der Waals surface area contributed by atoms with Crippen LogP contribution < -0.4 is 11.3 Å². The van der Waals surface area contributed by atoms with Crippen LogP contribution >= 0.6 is 0 Å². The molecule has 0 bridgehead atoms. The van der Waals surface area contributed by atoms with Crippen LogP contribution in [0.25, 0.3) is 0 Å². The standard InChI is InChI=1S/C16H25FN2O/c1-3-20-16(8-4-5-9-16)15(19-18)11-13-10-14(17)7-6-12(13)2/h6-7,10,15,19H,3-5,8-9,11,18H2,1-2H3. The summed E-state index contributed by atoms with van der Waals surface area (Å²) in [6, 6.07) is 4.94. The Balaban J connectivity index is 2.21. The van der Waals surface area contributed by atoms with Crippen LogP contribution in [0.5, 0.6) is 0 Å². The van der Waals surface area contributed by atoms with Gasteiger partial charge in [0, 0.05) is 6.61 Å². The number of aryl methyl sites for hydroxylation is 1. The lowest BCUT2D eigenvalue weighted by Gasteiger charge is -2.37. The third-order valence-electron chi connectivity index (χ3n) is 4.45. The molecule has 1 aliphatic rings. The molecule has 2 rings (SSSR count). The third kappa shape index (κ3) is 3.19. The second-order valence-corrected chi connectivity index (χ2v) is 5.70. The van der Waals surface area contributed by atoms with Gasteiger partial charge in [-0.3, -0.25) is 11.3 Å². The van der Waals surface area contributed by atoms with E-state index in [1.54, 1.807) is 6.07 Å². The molecule has 0 heterocycles. The van der Waals surface area contributed by atoms with Gasteiger partial charge in [0.1, 0.15) is 5.82 Å². The number of benzene rings is 1. The molecular formula is C16H25FN2O. The van der Waals surface area contributed by atoms with Crippen LogP contribution in [0.15, 0.2) is 18.2 Å². The fourth-order valence-electron chi connectivity index (χ4n) is 3.33. The van der Waals surface area contributed by atoms with E-state index in [0.29, 0.717) is 13.0 Å². The number of halogens is 1. The molecule has 1 unspecified atom stereocenters. The van der Waals surface area contributed by atoms with Crippen LogP contribution in [0.2, 0.25) is 0 Å². The average Bonchev–Trinajstić information content (AvgIpc) is 2.89. The fourth-order valence-corrected chi connectivity index (χ4v) is 3.33. The van der Waals surface area contributed by atoms with E-state index >= 15 is 0 Å². The molecule has 0 radical (unpaired) electrons. The van der Waals surface area contributed by atoms with Crippen molar-refractivity contribution in [1.29, 1.82) is 0 Å². The lowest BCUT2D eigenvalue weighted by molar-refractivity contribution is -0.0613. The highest BCUT2D eigenvalue weighted by Gasteiger charge is 2.41. The average molecular weight is 280 g/mol. The molecule has 3 nitrogen and oxygen atoms in total. The Labute approximate surface area is 120 Å². The van der Waals surface area contributed by atoms with Gasteiger partial charge >= 0.3 is 0 Å². The SMILES string of the molecule is CCOC1(C(Cc2cc(F)ccc2C)NN)CCCC1. The summed E-state index contributed by atoms with van der Waals surface area (Å²) >= 11 is 0. The van der Waals surface area contributed by atoms with Gasteiger partial charge < -0.3 is 4.74 Å². The lowest BCUT2D eigenvalue weighted by Crippen LogP contribution is -2.54. The maximum Gasteiger partial charge on any atom is 0.123 e. The monoisotopic (exact) mass is 280 g/mol. The molecule has 1 aromatic carbocycles. The predicted molar refractivity (Wildman–Crippen MR) is 78.8 cm³/mol. The molecule has 1 saturated carbocycles. The maximum atomic E-state index is 13.4. The minimum absolute atomic E-state index is 0.0189. The normalized spacial score (nSPS) is 19.2. The molecule has 0 saturated heterocycles. The zero-order chi connectivity index (χ0) is 14.6. The van der Waals surface area contributed by atoms with Crippen molar-refractivity contribution in [3.05, 3.63) is 35.1 Å². The van der Waals surface area contributed by atoms with Crippen LogP contribution in [0.4, 0.5) is 4.39 Å². The van der Waals surface area contributed by atoms with Crippen molar-refractivity contribution in [3.63, 3.8) is 0 Å². The molecule has 0 aliphatic heterocycles. The minimum Gasteiger partial charge on any atom is -0.374 e. The van der Waals surface area contributed by atoms with E-state index in [2.05, 4.69) is 5.43 Å². The number of hydrogen-bond acceptors (Lipinski definition) is 3. The molecule has 20 heavy (non-hydrogen) atoms. The van der Waals surface area contributed by atoms with Crippen molar-refractivity contribution >= 4 is 0 Å². The van der Waals surface area contributed by atoms with Gasteiger partial charge in [0.15, 0.2) is 0 Å². The largest absolute Gasteiger partial charge is 0.374 e. The Bertz CT molecular complexity index is 444. The van der Waals surface area contributed by atoms with Gasteiger partial charge in [-0.2, -0.15) is 0 Å². The number of hydrogen-bond donors (Lipinski definition) is 2. The summed E-state index contributed by atoms with van der Waals surface area (Å²) in [4.78, 5) is 0. The van der Waals surface area contributed by atoms with E-state index in [9.17, 15) is 4.39 Å². The van der Waals surface area contributed by atoms with Crippen molar-refractivity contribution in [2.24, 2.45) is 5.84 Å². The van der Waals surface area contributed by atoms with Crippen LogP contribution in [0.3, 0.4) is 0 Å². The van der Waals surface area contributed by atoms with Gasteiger partial charge in [0.05, 0.1) is 11.6 Å². The van der Waals surface area contributed by atoms with Crippen LogP contribution in [0.1, 0.15) is 43.7 Å². The van der Waals surface area contributed by atoms with Crippen LogP contribution in [-0.2, 0) is 11.2 Å². The van der Waals surface area contributed by atoms with E-state index in [-0.39, 0.29) is 17.5 Å². The summed E-state index contributed by atoms with van der Waals surface area (Å²) in [5.74, 6) is 5.58. The fraction of sp³-hybridized carbons (Fsp3) is 0.625. The van der Waals surface area contributed by atoms with Crippen molar-refractivity contribution in [3.8, 4) is 0 Å². The molecule has 1 aliphatic carbocycles. The van der Waals surface area contributed by atoms with Gasteiger partial charge in [-0.25, -0.2) is 4.39 Å². The zero-order valence-corrected chi connectivity index (χ0v) is 12.4. The summed E-state index contributed by atoms with van der Waals surface area (Å²) in [7, 11) is 0. The van der Waals surface area contributed by atoms with Crippen molar-refractivity contribution < 1.29 is 9.13 Å². The van der Waals surface area contributed by atoms with Gasteiger partial charge in [-0.15, -0.1) is 0 Å². The number of ether oxygens (including phenoxy) is 1. The first-order valence-electron chi connectivity index (χ1n) is 7.46. The summed E-state index contributed by atoms with van der Waals surface area (Å²) in [6.07, 6.45) is 5.06. The third-order valence-corrected chi connectivity index (χ3v) is 4.45. The molecule has 112 valence electrons. The molecule has 0 aromatic heterocycles. The van der Waals surface area contributed by atoms with E-state index in [4.69, 9.17) is 10.6 Å². The molecular weight excluding hydrogens is 255 g/mol. The van der Waals surface area contributed by atoms with Gasteiger partial charge in [-0.05, 0) is 56.4 Å². The summed E-state index contributed by atoms with van der Waals surface area (Å²) in [5, 5.41) is 0. The summed E-state index contributed by atoms with van der Waals surface area (Å²) in [6.45, 7) is 4.70. The van der Waals surface area contributed by atoms with Gasteiger partial charge in [0.2, 0.25) is 0 Å². The number of rotatable bonds is 6. The molecule has 0 spiro atoms. The first-order valence-corrected chi connectivity index (χ1v) is 7.46. The van der Waals surface area contributed by atoms with Crippen molar-refractivity contribution in [2.45, 2.75) is 57.6 Å². The van der Waals surface area contributed by atoms with Gasteiger partial charge in [0.25, 0.3) is 0 Å². The Kier molecular flexibility index (Phi) is 5.13. The number of nitrogens with one attached hydrogen (secondary N) is 1. The number of hydrazine groups is 1. The Morgan fingerprint density at radius 1 is 1.40 bits per heavy atom. The Morgan fingerprint density at radius 3 is 2.70 bits per heavy atom. The van der Waals surface area contributed by atoms with E-state index in [1.807, 2.05) is 19.9 Å². The highest BCUT2D eigenvalue weighted by Crippen LogP contribution is 2.37. The highest BCUT2D eigenvalue weighted by atomic mass is 19.1. The quantitative estimate of drug-likeness (QED) is 0.622. The second-order valence-electron chi connectivity index (χ2n) is 5.70. The highest BCUT2D eigenvalue weighted by molar-refractivity contribution is 5.28. The first kappa shape index (κ1) is 15.4. The van der Waals surface area contributed by atoms with E-state index in [0.717, 1.165) is 24.0 Å². The molecule has 3 N–H and O–H groups in total. The smallest absolute Gasteiger partial charge is 0.123 e. The molecule has 0 amide bonds. The maximum absolute atomic E-state index is 13.4. The molecule has 1 fully saturated rings. The van der Waals surface area contributed by atoms with Crippen molar-refractivity contribution in [2.75, 3.05) is 6.61 Å². The lowest BCUT2D eigenvalue weighted by atomic mass is 9.86. The van der Waals surface area contributed by atoms with Gasteiger partial charge in [-0.1, -0.05) is 18.9 Å². The summed E-state index contributed by atoms with van der Waals surface area (Å²) < 4.78 is 19.5. The first-order chi connectivity index (χ1) is 9.61. The Hall–Kier alpha value is -0.970. The van der Waals surface area contributed by atoms with E-state index in [1.165, 1.54) is 18.9 Å². The predicted octanol–water partition coefficient (Wildman–Crippen LogP) is 2.86. The Morgan fingerprint density at radius 2 is 2.10 bits per heavy atom. The second kappa shape index (κ2) is 6.66. The molecule has 4 heteroatoms. The van der Waals surface area contributed by atoms with Crippen molar-refractivity contribution in [1.82, 2.24) is 5.43 Å².